The number of amides is 1. The van der Waals surface area contributed by atoms with Gasteiger partial charge in [-0.25, -0.2) is 0 Å². The van der Waals surface area contributed by atoms with Crippen molar-refractivity contribution in [3.05, 3.63) is 0 Å². The Morgan fingerprint density at radius 1 is 1.39 bits per heavy atom. The molecule has 1 rings (SSSR count). The Labute approximate surface area is 111 Å². The van der Waals surface area contributed by atoms with Gasteiger partial charge in [-0.1, -0.05) is 39.5 Å². The molecule has 0 aromatic rings. The van der Waals surface area contributed by atoms with Crippen LogP contribution in [0.25, 0.3) is 0 Å². The molecule has 4 nitrogen and oxygen atoms in total. The van der Waals surface area contributed by atoms with Crippen molar-refractivity contribution in [2.75, 3.05) is 13.2 Å². The Kier molecular flexibility index (Phi) is 6.65. The molecule has 2 atom stereocenters. The highest BCUT2D eigenvalue weighted by Crippen LogP contribution is 2.23. The van der Waals surface area contributed by atoms with Crippen LogP contribution >= 0.6 is 0 Å². The van der Waals surface area contributed by atoms with Gasteiger partial charge in [0.05, 0.1) is 12.6 Å². The van der Waals surface area contributed by atoms with Crippen LogP contribution in [0.4, 0.5) is 0 Å². The number of aliphatic hydroxyl groups excluding tert-OH is 1. The number of aliphatic hydroxyl groups is 1. The molecule has 0 heterocycles. The molecule has 106 valence electrons. The molecule has 0 aromatic heterocycles. The van der Waals surface area contributed by atoms with Crippen LogP contribution in [0.3, 0.4) is 0 Å². The Balaban J connectivity index is 2.67. The van der Waals surface area contributed by atoms with E-state index in [1.807, 2.05) is 11.8 Å². The molecular formula is C14H28N2O2. The molecule has 1 amide bonds. The van der Waals surface area contributed by atoms with E-state index in [1.165, 1.54) is 19.3 Å². The molecule has 0 spiro atoms. The number of hydrogen-bond donors (Lipinski definition) is 2. The summed E-state index contributed by atoms with van der Waals surface area (Å²) < 4.78 is 0. The van der Waals surface area contributed by atoms with Crippen molar-refractivity contribution in [2.24, 2.45) is 11.7 Å². The fourth-order valence-corrected chi connectivity index (χ4v) is 2.66. The molecule has 18 heavy (non-hydrogen) atoms. The van der Waals surface area contributed by atoms with Gasteiger partial charge in [0.2, 0.25) is 5.91 Å². The first kappa shape index (κ1) is 15.4. The summed E-state index contributed by atoms with van der Waals surface area (Å²) in [7, 11) is 0. The molecule has 0 saturated heterocycles. The standard InChI is InChI=1S/C14H28N2O2/c1-3-11(2)13(15)14(18)16(9-10-17)12-7-5-4-6-8-12/h11-13,17H,3-10,15H2,1-2H3. The third-order valence-electron chi connectivity index (χ3n) is 4.18. The minimum Gasteiger partial charge on any atom is -0.395 e. The van der Waals surface area contributed by atoms with Gasteiger partial charge in [0, 0.05) is 12.6 Å². The lowest BCUT2D eigenvalue weighted by Crippen LogP contribution is -2.52. The first-order valence-corrected chi connectivity index (χ1v) is 7.28. The van der Waals surface area contributed by atoms with Crippen molar-refractivity contribution in [3.63, 3.8) is 0 Å². The van der Waals surface area contributed by atoms with Gasteiger partial charge in [-0.2, -0.15) is 0 Å². The van der Waals surface area contributed by atoms with Gasteiger partial charge in [0.1, 0.15) is 0 Å². The summed E-state index contributed by atoms with van der Waals surface area (Å²) in [6, 6.07) is -0.142. The largest absolute Gasteiger partial charge is 0.395 e. The summed E-state index contributed by atoms with van der Waals surface area (Å²) in [5.41, 5.74) is 6.04. The molecule has 0 bridgehead atoms. The summed E-state index contributed by atoms with van der Waals surface area (Å²) in [5, 5.41) is 9.16. The zero-order chi connectivity index (χ0) is 13.5. The van der Waals surface area contributed by atoms with Crippen molar-refractivity contribution in [1.29, 1.82) is 0 Å². The highest BCUT2D eigenvalue weighted by Gasteiger charge is 2.30. The zero-order valence-electron chi connectivity index (χ0n) is 11.8. The van der Waals surface area contributed by atoms with Crippen molar-refractivity contribution >= 4 is 5.91 Å². The Hall–Kier alpha value is -0.610. The number of nitrogens with two attached hydrogens (primary N) is 1. The number of hydrogen-bond acceptors (Lipinski definition) is 3. The van der Waals surface area contributed by atoms with Crippen LogP contribution in [0.2, 0.25) is 0 Å². The maximum Gasteiger partial charge on any atom is 0.240 e. The van der Waals surface area contributed by atoms with Gasteiger partial charge in [-0.15, -0.1) is 0 Å². The minimum atomic E-state index is -0.427. The second-order valence-corrected chi connectivity index (χ2v) is 5.46. The van der Waals surface area contributed by atoms with Gasteiger partial charge >= 0.3 is 0 Å². The Bertz CT molecular complexity index is 252. The fraction of sp³-hybridized carbons (Fsp3) is 0.929. The van der Waals surface area contributed by atoms with Crippen molar-refractivity contribution in [1.82, 2.24) is 4.90 Å². The first-order chi connectivity index (χ1) is 8.61. The van der Waals surface area contributed by atoms with E-state index in [-0.39, 0.29) is 24.5 Å². The highest BCUT2D eigenvalue weighted by atomic mass is 16.3. The number of carbonyl (C=O) groups is 1. The average Bonchev–Trinajstić information content (AvgIpc) is 2.43. The quantitative estimate of drug-likeness (QED) is 0.757. The monoisotopic (exact) mass is 256 g/mol. The molecule has 1 aliphatic carbocycles. The smallest absolute Gasteiger partial charge is 0.240 e. The molecule has 1 aliphatic rings. The summed E-state index contributed by atoms with van der Waals surface area (Å²) >= 11 is 0. The van der Waals surface area contributed by atoms with E-state index in [4.69, 9.17) is 10.8 Å². The summed E-state index contributed by atoms with van der Waals surface area (Å²) in [6.07, 6.45) is 6.63. The maximum absolute atomic E-state index is 12.4. The SMILES string of the molecule is CCC(C)C(N)C(=O)N(CCO)C1CCCCC1. The van der Waals surface area contributed by atoms with Crippen molar-refractivity contribution in [2.45, 2.75) is 64.5 Å². The molecule has 4 heteroatoms. The van der Waals surface area contributed by atoms with Crippen molar-refractivity contribution < 1.29 is 9.90 Å². The molecule has 0 radical (unpaired) electrons. The van der Waals surface area contributed by atoms with Crippen LogP contribution in [0, 0.1) is 5.92 Å². The Morgan fingerprint density at radius 3 is 2.50 bits per heavy atom. The maximum atomic E-state index is 12.4. The minimum absolute atomic E-state index is 0.0188. The second-order valence-electron chi connectivity index (χ2n) is 5.46. The van der Waals surface area contributed by atoms with E-state index in [0.717, 1.165) is 19.3 Å². The van der Waals surface area contributed by atoms with Crippen molar-refractivity contribution in [3.8, 4) is 0 Å². The van der Waals surface area contributed by atoms with E-state index < -0.39 is 6.04 Å². The average molecular weight is 256 g/mol. The molecule has 2 unspecified atom stereocenters. The lowest BCUT2D eigenvalue weighted by Gasteiger charge is -2.36. The van der Waals surface area contributed by atoms with Gasteiger partial charge in [0.15, 0.2) is 0 Å². The van der Waals surface area contributed by atoms with Crippen LogP contribution in [0.1, 0.15) is 52.4 Å². The predicted octanol–water partition coefficient (Wildman–Crippen LogP) is 1.51. The van der Waals surface area contributed by atoms with Crippen LogP contribution in [0.15, 0.2) is 0 Å². The predicted molar refractivity (Wildman–Crippen MR) is 73.1 cm³/mol. The number of nitrogens with zero attached hydrogens (tertiary/aromatic N) is 1. The molecule has 0 aromatic carbocycles. The molecule has 3 N–H and O–H groups in total. The van der Waals surface area contributed by atoms with E-state index >= 15 is 0 Å². The lowest BCUT2D eigenvalue weighted by molar-refractivity contribution is -0.137. The van der Waals surface area contributed by atoms with E-state index in [0.29, 0.717) is 6.54 Å². The Morgan fingerprint density at radius 2 is 2.00 bits per heavy atom. The first-order valence-electron chi connectivity index (χ1n) is 7.28. The summed E-state index contributed by atoms with van der Waals surface area (Å²) in [5.74, 6) is 0.215. The molecule has 1 saturated carbocycles. The molecule has 0 aliphatic heterocycles. The van der Waals surface area contributed by atoms with Crippen LogP contribution in [-0.4, -0.2) is 41.1 Å². The number of rotatable bonds is 6. The third-order valence-corrected chi connectivity index (χ3v) is 4.18. The fourth-order valence-electron chi connectivity index (χ4n) is 2.66. The topological polar surface area (TPSA) is 66.6 Å². The second kappa shape index (κ2) is 7.74. The van der Waals surface area contributed by atoms with E-state index in [9.17, 15) is 4.79 Å². The van der Waals surface area contributed by atoms with Gasteiger partial charge in [-0.3, -0.25) is 4.79 Å². The molecule has 1 fully saturated rings. The molecular weight excluding hydrogens is 228 g/mol. The van der Waals surface area contributed by atoms with Gasteiger partial charge in [-0.05, 0) is 18.8 Å². The third kappa shape index (κ3) is 3.95. The van der Waals surface area contributed by atoms with E-state index in [1.54, 1.807) is 0 Å². The normalized spacial score (nSPS) is 20.4. The summed E-state index contributed by atoms with van der Waals surface area (Å²) in [4.78, 5) is 14.3. The van der Waals surface area contributed by atoms with Gasteiger partial charge in [0.25, 0.3) is 0 Å². The van der Waals surface area contributed by atoms with Crippen LogP contribution < -0.4 is 5.73 Å². The highest BCUT2D eigenvalue weighted by molar-refractivity contribution is 5.82. The van der Waals surface area contributed by atoms with E-state index in [2.05, 4.69) is 6.92 Å². The van der Waals surface area contributed by atoms with Crippen LogP contribution in [0.5, 0.6) is 0 Å². The number of carbonyl (C=O) groups excluding carboxylic acids is 1. The zero-order valence-corrected chi connectivity index (χ0v) is 11.8. The summed E-state index contributed by atoms with van der Waals surface area (Å²) in [6.45, 7) is 4.51. The van der Waals surface area contributed by atoms with Crippen LogP contribution in [-0.2, 0) is 4.79 Å². The lowest BCUT2D eigenvalue weighted by atomic mass is 9.92. The van der Waals surface area contributed by atoms with Gasteiger partial charge < -0.3 is 15.7 Å².